The van der Waals surface area contributed by atoms with Gasteiger partial charge in [0.1, 0.15) is 18.7 Å². The van der Waals surface area contributed by atoms with E-state index in [1.54, 1.807) is 0 Å². The van der Waals surface area contributed by atoms with Gasteiger partial charge in [-0.15, -0.1) is 0 Å². The molecule has 7 heteroatoms. The number of carbonyl (C=O) groups excluding carboxylic acids is 2. The number of hydrogen-bond acceptors (Lipinski definition) is 4. The zero-order chi connectivity index (χ0) is 29.1. The number of fused-ring (bicyclic) bond motifs is 3. The second-order valence-electron chi connectivity index (χ2n) is 10.6. The number of carbonyl (C=O) groups is 3. The van der Waals surface area contributed by atoms with E-state index < -0.39 is 30.1 Å². The summed E-state index contributed by atoms with van der Waals surface area (Å²) in [6.07, 6.45) is -0.281. The average Bonchev–Trinajstić information content (AvgIpc) is 3.02. The van der Waals surface area contributed by atoms with Crippen molar-refractivity contribution >= 4 is 39.5 Å². The monoisotopic (exact) mass is 558 g/mol. The molecule has 0 bridgehead atoms. The first-order chi connectivity index (χ1) is 20.5. The van der Waals surface area contributed by atoms with Crippen LogP contribution in [0.4, 0.5) is 4.79 Å². The lowest BCUT2D eigenvalue weighted by molar-refractivity contribution is -0.142. The van der Waals surface area contributed by atoms with Crippen molar-refractivity contribution in [3.8, 4) is 0 Å². The topological polar surface area (TPSA) is 95.9 Å². The second kappa shape index (κ2) is 11.7. The number of nitrogens with zero attached hydrogens (tertiary/aromatic N) is 1. The van der Waals surface area contributed by atoms with Crippen molar-refractivity contribution in [3.63, 3.8) is 0 Å². The minimum Gasteiger partial charge on any atom is -0.480 e. The van der Waals surface area contributed by atoms with Gasteiger partial charge >= 0.3 is 12.1 Å². The highest BCUT2D eigenvalue weighted by Crippen LogP contribution is 2.30. The maximum absolute atomic E-state index is 13.8. The normalized spacial score (nSPS) is 15.1. The number of nitrogens with one attached hydrogen (secondary N) is 1. The number of aliphatic carboxylic acids is 1. The van der Waals surface area contributed by atoms with Gasteiger partial charge in [-0.25, -0.2) is 9.59 Å². The minimum absolute atomic E-state index is 0.0675. The highest BCUT2D eigenvalue weighted by atomic mass is 16.6. The maximum Gasteiger partial charge on any atom is 0.411 e. The molecular formula is C35H30N2O5. The molecule has 5 aromatic carbocycles. The Balaban J connectivity index is 1.28. The molecule has 0 spiro atoms. The summed E-state index contributed by atoms with van der Waals surface area (Å²) in [5.41, 5.74) is 3.55. The van der Waals surface area contributed by atoms with Gasteiger partial charge in [-0.05, 0) is 49.9 Å². The highest BCUT2D eigenvalue weighted by Gasteiger charge is 2.37. The summed E-state index contributed by atoms with van der Waals surface area (Å²) in [7, 11) is 0. The van der Waals surface area contributed by atoms with Gasteiger partial charge in [-0.3, -0.25) is 9.69 Å². The lowest BCUT2D eigenvalue weighted by Crippen LogP contribution is -2.56. The minimum atomic E-state index is -1.20. The Hall–Kier alpha value is -5.17. The van der Waals surface area contributed by atoms with E-state index in [9.17, 15) is 19.5 Å². The zero-order valence-corrected chi connectivity index (χ0v) is 22.9. The van der Waals surface area contributed by atoms with Crippen molar-refractivity contribution < 1.29 is 24.2 Å². The molecule has 0 fully saturated rings. The molecule has 1 aliphatic heterocycles. The van der Waals surface area contributed by atoms with E-state index in [0.29, 0.717) is 0 Å². The molecule has 1 aliphatic rings. The Morgan fingerprint density at radius 2 is 1.40 bits per heavy atom. The van der Waals surface area contributed by atoms with Gasteiger partial charge in [-0.2, -0.15) is 0 Å². The molecule has 5 aromatic rings. The molecule has 0 aromatic heterocycles. The van der Waals surface area contributed by atoms with Crippen molar-refractivity contribution in [1.29, 1.82) is 0 Å². The fourth-order valence-electron chi connectivity index (χ4n) is 5.75. The number of carboxylic acid groups (broad SMARTS) is 1. The van der Waals surface area contributed by atoms with Crippen molar-refractivity contribution in [1.82, 2.24) is 10.2 Å². The third-order valence-corrected chi connectivity index (χ3v) is 7.90. The summed E-state index contributed by atoms with van der Waals surface area (Å²) >= 11 is 0. The largest absolute Gasteiger partial charge is 0.480 e. The van der Waals surface area contributed by atoms with Crippen LogP contribution in [0.2, 0.25) is 0 Å². The van der Waals surface area contributed by atoms with Crippen LogP contribution < -0.4 is 5.32 Å². The van der Waals surface area contributed by atoms with Crippen LogP contribution in [0.3, 0.4) is 0 Å². The van der Waals surface area contributed by atoms with Gasteiger partial charge in [-0.1, -0.05) is 103 Å². The Kier molecular flexibility index (Phi) is 7.56. The fraction of sp³-hybridized carbons (Fsp3) is 0.171. The standard InChI is InChI=1S/C35H30N2O5/c38-33(32-19-24-12-4-5-15-27(24)21-37(32)35(41)42-22-23-10-2-1-3-11-23)36-31(34(39)40)20-30-28-16-8-6-13-25(28)18-26-14-7-9-17-29(26)30/h1-18,31-32H,19-22H2,(H,36,38)(H,39,40)/t31-,32-/m0/s1. The molecule has 0 saturated heterocycles. The van der Waals surface area contributed by atoms with Crippen LogP contribution in [0.1, 0.15) is 22.3 Å². The number of carboxylic acids is 1. The summed E-state index contributed by atoms with van der Waals surface area (Å²) in [5.74, 6) is -1.67. The number of hydrogen-bond donors (Lipinski definition) is 2. The van der Waals surface area contributed by atoms with Crippen LogP contribution in [0.15, 0.2) is 109 Å². The van der Waals surface area contributed by atoms with Gasteiger partial charge in [0.25, 0.3) is 0 Å². The van der Waals surface area contributed by atoms with Gasteiger partial charge in [0.05, 0.1) is 6.54 Å². The number of amides is 2. The van der Waals surface area contributed by atoms with Crippen LogP contribution in [0.5, 0.6) is 0 Å². The zero-order valence-electron chi connectivity index (χ0n) is 22.9. The average molecular weight is 559 g/mol. The van der Waals surface area contributed by atoms with Crippen molar-refractivity contribution in [2.45, 2.75) is 38.1 Å². The van der Waals surface area contributed by atoms with E-state index in [1.807, 2.05) is 103 Å². The molecular weight excluding hydrogens is 528 g/mol. The van der Waals surface area contributed by atoms with E-state index in [-0.39, 0.29) is 26.0 Å². The molecule has 2 atom stereocenters. The molecule has 210 valence electrons. The van der Waals surface area contributed by atoms with Crippen LogP contribution in [-0.4, -0.2) is 40.1 Å². The molecule has 1 heterocycles. The lowest BCUT2D eigenvalue weighted by Gasteiger charge is -2.35. The molecule has 0 radical (unpaired) electrons. The molecule has 2 N–H and O–H groups in total. The number of ether oxygens (including phenoxy) is 1. The van der Waals surface area contributed by atoms with Crippen molar-refractivity contribution in [2.75, 3.05) is 0 Å². The first-order valence-electron chi connectivity index (χ1n) is 13.9. The van der Waals surface area contributed by atoms with Gasteiger partial charge in [0.2, 0.25) is 5.91 Å². The third kappa shape index (κ3) is 5.54. The number of benzene rings is 5. The Bertz CT molecular complexity index is 1730. The molecule has 0 aliphatic carbocycles. The van der Waals surface area contributed by atoms with E-state index in [4.69, 9.17) is 4.74 Å². The summed E-state index contributed by atoms with van der Waals surface area (Å²) in [6, 6.07) is 32.6. The summed E-state index contributed by atoms with van der Waals surface area (Å²) in [5, 5.41) is 16.9. The molecule has 42 heavy (non-hydrogen) atoms. The van der Waals surface area contributed by atoms with Gasteiger partial charge in [0, 0.05) is 12.8 Å². The van der Waals surface area contributed by atoms with Crippen LogP contribution in [-0.2, 0) is 40.3 Å². The van der Waals surface area contributed by atoms with Crippen LogP contribution in [0.25, 0.3) is 21.5 Å². The van der Waals surface area contributed by atoms with Crippen molar-refractivity contribution in [3.05, 3.63) is 131 Å². The smallest absolute Gasteiger partial charge is 0.411 e. The van der Waals surface area contributed by atoms with Gasteiger partial charge < -0.3 is 15.2 Å². The quantitative estimate of drug-likeness (QED) is 0.244. The number of rotatable bonds is 7. The van der Waals surface area contributed by atoms with E-state index in [0.717, 1.165) is 43.8 Å². The van der Waals surface area contributed by atoms with Gasteiger partial charge in [0.15, 0.2) is 0 Å². The predicted molar refractivity (Wildman–Crippen MR) is 161 cm³/mol. The maximum atomic E-state index is 13.8. The van der Waals surface area contributed by atoms with Crippen LogP contribution >= 0.6 is 0 Å². The summed E-state index contributed by atoms with van der Waals surface area (Å²) < 4.78 is 5.60. The van der Waals surface area contributed by atoms with E-state index >= 15 is 0 Å². The first kappa shape index (κ1) is 27.0. The van der Waals surface area contributed by atoms with Crippen molar-refractivity contribution in [2.24, 2.45) is 0 Å². The predicted octanol–water partition coefficient (Wildman–Crippen LogP) is 5.87. The Morgan fingerprint density at radius 1 is 0.810 bits per heavy atom. The second-order valence-corrected chi connectivity index (χ2v) is 10.6. The van der Waals surface area contributed by atoms with E-state index in [2.05, 4.69) is 11.4 Å². The fourth-order valence-corrected chi connectivity index (χ4v) is 5.75. The Labute approximate surface area is 243 Å². The van der Waals surface area contributed by atoms with E-state index in [1.165, 1.54) is 4.90 Å². The molecule has 7 nitrogen and oxygen atoms in total. The first-order valence-corrected chi connectivity index (χ1v) is 13.9. The highest BCUT2D eigenvalue weighted by molar-refractivity contribution is 6.03. The lowest BCUT2D eigenvalue weighted by atomic mass is 9.91. The third-order valence-electron chi connectivity index (χ3n) is 7.90. The summed E-state index contributed by atoms with van der Waals surface area (Å²) in [4.78, 5) is 41.1. The molecule has 0 saturated carbocycles. The molecule has 0 unspecified atom stereocenters. The SMILES string of the molecule is O=C(O)[C@H](Cc1c2ccccc2cc2ccccc12)NC(=O)[C@@H]1Cc2ccccc2CN1C(=O)OCc1ccccc1. The molecule has 2 amide bonds. The summed E-state index contributed by atoms with van der Waals surface area (Å²) in [6.45, 7) is 0.256. The van der Waals surface area contributed by atoms with Crippen LogP contribution in [0, 0.1) is 0 Å². The molecule has 6 rings (SSSR count). The Morgan fingerprint density at radius 3 is 2.07 bits per heavy atom.